The fraction of sp³-hybridized carbons (Fsp3) is 0.529. The zero-order valence-electron chi connectivity index (χ0n) is 14.6. The molecule has 0 saturated carbocycles. The third-order valence-corrected chi connectivity index (χ3v) is 6.28. The number of likely N-dealkylation sites (tertiary alicyclic amines) is 1. The molecule has 0 aromatic heterocycles. The molecule has 136 valence electrons. The molecule has 0 N–H and O–H groups in total. The molecule has 2 atom stereocenters. The van der Waals surface area contributed by atoms with Crippen LogP contribution in [0.2, 0.25) is 0 Å². The molecule has 3 rings (SSSR count). The third-order valence-electron chi connectivity index (χ3n) is 4.71. The summed E-state index contributed by atoms with van der Waals surface area (Å²) < 4.78 is 6.36. The molecule has 0 radical (unpaired) electrons. The van der Waals surface area contributed by atoms with E-state index in [1.54, 1.807) is 17.8 Å². The Kier molecular flexibility index (Phi) is 5.60. The van der Waals surface area contributed by atoms with Gasteiger partial charge in [-0.15, -0.1) is 0 Å². The van der Waals surface area contributed by atoms with Crippen LogP contribution in [0.3, 0.4) is 0 Å². The molecule has 2 unspecified atom stereocenters. The number of benzene rings is 1. The number of halogens is 1. The van der Waals surface area contributed by atoms with Gasteiger partial charge >= 0.3 is 0 Å². The second-order valence-corrected chi connectivity index (χ2v) is 8.48. The smallest absolute Gasteiger partial charge is 0.265 e. The van der Waals surface area contributed by atoms with E-state index >= 15 is 0 Å². The Bertz CT molecular complexity index is 685. The maximum absolute atomic E-state index is 12.8. The van der Waals surface area contributed by atoms with Gasteiger partial charge in [0.25, 0.3) is 5.91 Å². The predicted molar refractivity (Wildman–Crippen MR) is 103 cm³/mol. The number of hydrogen-bond acceptors (Lipinski definition) is 5. The Labute approximate surface area is 160 Å². The van der Waals surface area contributed by atoms with Gasteiger partial charge in [0, 0.05) is 28.9 Å². The van der Waals surface area contributed by atoms with Gasteiger partial charge in [-0.2, -0.15) is 11.8 Å². The van der Waals surface area contributed by atoms with E-state index in [9.17, 15) is 9.59 Å². The highest BCUT2D eigenvalue weighted by molar-refractivity contribution is 9.10. The second kappa shape index (κ2) is 7.55. The van der Waals surface area contributed by atoms with Gasteiger partial charge in [-0.1, -0.05) is 15.9 Å². The summed E-state index contributed by atoms with van der Waals surface area (Å²) in [5, 5.41) is 0.391. The van der Waals surface area contributed by atoms with Gasteiger partial charge in [-0.05, 0) is 38.6 Å². The molecule has 0 spiro atoms. The average molecular weight is 428 g/mol. The number of anilines is 1. The van der Waals surface area contributed by atoms with Crippen LogP contribution in [-0.2, 0) is 9.59 Å². The maximum Gasteiger partial charge on any atom is 0.265 e. The highest BCUT2D eigenvalue weighted by Gasteiger charge is 2.37. The lowest BCUT2D eigenvalue weighted by Crippen LogP contribution is -2.46. The number of hydrogen-bond donors (Lipinski definition) is 0. The molecule has 2 aliphatic heterocycles. The number of nitrogens with zero attached hydrogens (tertiary/aromatic N) is 3. The maximum atomic E-state index is 12.8. The zero-order chi connectivity index (χ0) is 18.1. The van der Waals surface area contributed by atoms with Crippen molar-refractivity contribution in [1.29, 1.82) is 0 Å². The van der Waals surface area contributed by atoms with Crippen LogP contribution in [0.15, 0.2) is 22.7 Å². The standard InChI is InChI=1S/C17H22BrN3O3S/c1-19(2)13-7-20(8-15(13)25-3)16(22)9-21-12-5-4-11(18)6-14(12)24-10-17(21)23/h4-6,13,15H,7-10H2,1-3H3. The number of amides is 2. The highest BCUT2D eigenvalue weighted by Crippen LogP contribution is 2.34. The topological polar surface area (TPSA) is 53.1 Å². The first-order valence-corrected chi connectivity index (χ1v) is 10.2. The average Bonchev–Trinajstić information content (AvgIpc) is 3.02. The van der Waals surface area contributed by atoms with Crippen LogP contribution in [0.25, 0.3) is 0 Å². The first-order chi connectivity index (χ1) is 11.9. The second-order valence-electron chi connectivity index (χ2n) is 6.48. The van der Waals surface area contributed by atoms with Gasteiger partial charge in [0.15, 0.2) is 6.61 Å². The van der Waals surface area contributed by atoms with Crippen molar-refractivity contribution in [2.75, 3.05) is 51.5 Å². The van der Waals surface area contributed by atoms with Gasteiger partial charge in [0.05, 0.1) is 5.69 Å². The highest BCUT2D eigenvalue weighted by atomic mass is 79.9. The number of fused-ring (bicyclic) bond motifs is 1. The first kappa shape index (κ1) is 18.5. The minimum absolute atomic E-state index is 0.0208. The molecule has 25 heavy (non-hydrogen) atoms. The van der Waals surface area contributed by atoms with E-state index in [0.29, 0.717) is 35.8 Å². The van der Waals surface area contributed by atoms with Gasteiger partial charge < -0.3 is 14.5 Å². The van der Waals surface area contributed by atoms with Crippen molar-refractivity contribution >= 4 is 45.2 Å². The molecule has 1 aromatic carbocycles. The monoisotopic (exact) mass is 427 g/mol. The number of thioether (sulfide) groups is 1. The molecule has 6 nitrogen and oxygen atoms in total. The third kappa shape index (κ3) is 3.80. The van der Waals surface area contributed by atoms with Crippen LogP contribution in [0.5, 0.6) is 5.75 Å². The van der Waals surface area contributed by atoms with Crippen molar-refractivity contribution in [2.24, 2.45) is 0 Å². The molecular formula is C17H22BrN3O3S. The Balaban J connectivity index is 1.74. The minimum atomic E-state index is -0.187. The van der Waals surface area contributed by atoms with Crippen LogP contribution in [-0.4, -0.2) is 79.5 Å². The molecule has 1 aromatic rings. The Morgan fingerprint density at radius 2 is 2.16 bits per heavy atom. The Morgan fingerprint density at radius 1 is 1.40 bits per heavy atom. The van der Waals surface area contributed by atoms with E-state index in [2.05, 4.69) is 27.1 Å². The molecule has 0 aliphatic carbocycles. The van der Waals surface area contributed by atoms with Crippen LogP contribution < -0.4 is 9.64 Å². The molecular weight excluding hydrogens is 406 g/mol. The van der Waals surface area contributed by atoms with Crippen LogP contribution >= 0.6 is 27.7 Å². The van der Waals surface area contributed by atoms with E-state index in [1.807, 2.05) is 31.1 Å². The lowest BCUT2D eigenvalue weighted by atomic mass is 10.2. The largest absolute Gasteiger partial charge is 0.482 e. The minimum Gasteiger partial charge on any atom is -0.482 e. The van der Waals surface area contributed by atoms with E-state index in [-0.39, 0.29) is 25.0 Å². The Hall–Kier alpha value is -1.25. The van der Waals surface area contributed by atoms with Gasteiger partial charge in [-0.3, -0.25) is 14.5 Å². The van der Waals surface area contributed by atoms with Crippen LogP contribution in [0.1, 0.15) is 0 Å². The number of carbonyl (C=O) groups excluding carboxylic acids is 2. The lowest BCUT2D eigenvalue weighted by molar-refractivity contribution is -0.131. The SMILES string of the molecule is CSC1CN(C(=O)CN2C(=O)COc3cc(Br)ccc32)CC1N(C)C. The summed E-state index contributed by atoms with van der Waals surface area (Å²) >= 11 is 5.18. The summed E-state index contributed by atoms with van der Waals surface area (Å²) in [6.07, 6.45) is 2.08. The molecule has 1 saturated heterocycles. The Morgan fingerprint density at radius 3 is 2.80 bits per heavy atom. The van der Waals surface area contributed by atoms with Crippen LogP contribution in [0, 0.1) is 0 Å². The predicted octanol–water partition coefficient (Wildman–Crippen LogP) is 1.68. The molecule has 2 aliphatic rings. The van der Waals surface area contributed by atoms with Crippen molar-refractivity contribution in [3.8, 4) is 5.75 Å². The van der Waals surface area contributed by atoms with Crippen LogP contribution in [0.4, 0.5) is 5.69 Å². The number of rotatable bonds is 4. The molecule has 1 fully saturated rings. The molecule has 8 heteroatoms. The summed E-state index contributed by atoms with van der Waals surface area (Å²) in [7, 11) is 4.09. The summed E-state index contributed by atoms with van der Waals surface area (Å²) in [6, 6.07) is 5.81. The molecule has 2 amide bonds. The summed E-state index contributed by atoms with van der Waals surface area (Å²) in [4.78, 5) is 30.7. The lowest BCUT2D eigenvalue weighted by Gasteiger charge is -2.30. The van der Waals surface area contributed by atoms with Gasteiger partial charge in [0.2, 0.25) is 5.91 Å². The van der Waals surface area contributed by atoms with Crippen molar-refractivity contribution in [3.05, 3.63) is 22.7 Å². The fourth-order valence-electron chi connectivity index (χ4n) is 3.27. The number of carbonyl (C=O) groups is 2. The summed E-state index contributed by atoms with van der Waals surface area (Å²) in [5.74, 6) is 0.414. The molecule has 0 bridgehead atoms. The van der Waals surface area contributed by atoms with Gasteiger partial charge in [-0.25, -0.2) is 0 Å². The van der Waals surface area contributed by atoms with E-state index < -0.39 is 0 Å². The van der Waals surface area contributed by atoms with E-state index in [1.165, 1.54) is 4.90 Å². The van der Waals surface area contributed by atoms with Crippen molar-refractivity contribution in [3.63, 3.8) is 0 Å². The van der Waals surface area contributed by atoms with Crippen molar-refractivity contribution in [2.45, 2.75) is 11.3 Å². The van der Waals surface area contributed by atoms with Gasteiger partial charge in [0.1, 0.15) is 12.3 Å². The number of likely N-dealkylation sites (N-methyl/N-ethyl adjacent to an activating group) is 1. The number of ether oxygens (including phenoxy) is 1. The molecule has 2 heterocycles. The zero-order valence-corrected chi connectivity index (χ0v) is 17.0. The fourth-order valence-corrected chi connectivity index (χ4v) is 4.59. The quantitative estimate of drug-likeness (QED) is 0.731. The summed E-state index contributed by atoms with van der Waals surface area (Å²) in [5.41, 5.74) is 0.651. The van der Waals surface area contributed by atoms with E-state index in [4.69, 9.17) is 4.74 Å². The van der Waals surface area contributed by atoms with E-state index in [0.717, 1.165) is 4.47 Å². The first-order valence-electron chi connectivity index (χ1n) is 8.10. The normalized spacial score (nSPS) is 23.0. The van der Waals surface area contributed by atoms with Crippen molar-refractivity contribution < 1.29 is 14.3 Å². The summed E-state index contributed by atoms with van der Waals surface area (Å²) in [6.45, 7) is 1.43. The van der Waals surface area contributed by atoms with Crippen molar-refractivity contribution in [1.82, 2.24) is 9.80 Å².